The van der Waals surface area contributed by atoms with Crippen molar-refractivity contribution in [2.24, 2.45) is 5.73 Å². The Kier molecular flexibility index (Phi) is 3.89. The molecule has 0 saturated heterocycles. The minimum absolute atomic E-state index is 0.0719. The summed E-state index contributed by atoms with van der Waals surface area (Å²) < 4.78 is 13.4. The van der Waals surface area contributed by atoms with Gasteiger partial charge in [-0.05, 0) is 52.5 Å². The van der Waals surface area contributed by atoms with Crippen molar-refractivity contribution >= 4 is 15.9 Å². The molecule has 0 radical (unpaired) electrons. The highest BCUT2D eigenvalue weighted by molar-refractivity contribution is 9.10. The zero-order chi connectivity index (χ0) is 10.7. The highest BCUT2D eigenvalue weighted by Crippen LogP contribution is 2.32. The molecule has 1 atom stereocenters. The van der Waals surface area contributed by atoms with Crippen LogP contribution in [0, 0.1) is 5.82 Å². The van der Waals surface area contributed by atoms with E-state index < -0.39 is 0 Å². The molecule has 0 spiro atoms. The van der Waals surface area contributed by atoms with Crippen molar-refractivity contribution in [3.63, 3.8) is 0 Å². The molecule has 0 aliphatic heterocycles. The van der Waals surface area contributed by atoms with Gasteiger partial charge in [0.1, 0.15) is 11.6 Å². The summed E-state index contributed by atoms with van der Waals surface area (Å²) in [6.45, 7) is 2.44. The van der Waals surface area contributed by atoms with Crippen LogP contribution in [-0.2, 0) is 0 Å². The van der Waals surface area contributed by atoms with Gasteiger partial charge in [-0.2, -0.15) is 0 Å². The quantitative estimate of drug-likeness (QED) is 0.879. The van der Waals surface area contributed by atoms with Crippen LogP contribution in [0.5, 0.6) is 5.75 Å². The predicted octanol–water partition coefficient (Wildman–Crippen LogP) is 2.75. The Morgan fingerprint density at radius 1 is 1.57 bits per heavy atom. The number of aromatic hydroxyl groups is 1. The third-order valence-electron chi connectivity index (χ3n) is 2.20. The van der Waals surface area contributed by atoms with Crippen molar-refractivity contribution < 1.29 is 9.50 Å². The molecule has 1 unspecified atom stereocenters. The number of phenolic OH excluding ortho intramolecular Hbond substituents is 1. The van der Waals surface area contributed by atoms with Gasteiger partial charge in [-0.1, -0.05) is 6.92 Å². The molecule has 0 aliphatic carbocycles. The molecule has 0 aromatic heterocycles. The van der Waals surface area contributed by atoms with Gasteiger partial charge in [0.2, 0.25) is 0 Å². The number of nitrogens with two attached hydrogens (primary N) is 1. The van der Waals surface area contributed by atoms with Gasteiger partial charge in [-0.15, -0.1) is 0 Å². The van der Waals surface area contributed by atoms with Crippen molar-refractivity contribution in [3.05, 3.63) is 28.0 Å². The fraction of sp³-hybridized carbons (Fsp3) is 0.400. The first-order valence-corrected chi connectivity index (χ1v) is 5.23. The number of hydrogen-bond donors (Lipinski definition) is 2. The van der Waals surface area contributed by atoms with Gasteiger partial charge in [-0.3, -0.25) is 0 Å². The second-order valence-corrected chi connectivity index (χ2v) is 4.16. The Labute approximate surface area is 91.1 Å². The molecule has 1 aromatic rings. The molecule has 1 rings (SSSR count). The van der Waals surface area contributed by atoms with Gasteiger partial charge in [0.25, 0.3) is 0 Å². The average Bonchev–Trinajstić information content (AvgIpc) is 2.11. The molecule has 2 nitrogen and oxygen atoms in total. The molecule has 0 amide bonds. The van der Waals surface area contributed by atoms with Crippen molar-refractivity contribution in [1.82, 2.24) is 0 Å². The summed E-state index contributed by atoms with van der Waals surface area (Å²) in [7, 11) is 0. The molecule has 0 fully saturated rings. The molecule has 1 aromatic carbocycles. The Hall–Kier alpha value is -0.610. The maximum Gasteiger partial charge on any atom is 0.137 e. The maximum absolute atomic E-state index is 13.2. The second-order valence-electron chi connectivity index (χ2n) is 3.30. The zero-order valence-corrected chi connectivity index (χ0v) is 9.51. The van der Waals surface area contributed by atoms with Crippen LogP contribution >= 0.6 is 15.9 Å². The summed E-state index contributed by atoms with van der Waals surface area (Å²) in [6, 6.07) is 2.72. The summed E-state index contributed by atoms with van der Waals surface area (Å²) in [5.41, 5.74) is 6.01. The maximum atomic E-state index is 13.2. The van der Waals surface area contributed by atoms with Gasteiger partial charge in [0.15, 0.2) is 0 Å². The van der Waals surface area contributed by atoms with E-state index in [2.05, 4.69) is 15.9 Å². The van der Waals surface area contributed by atoms with Crippen LogP contribution in [0.2, 0.25) is 0 Å². The molecule has 0 bridgehead atoms. The standard InChI is InChI=1S/C10H13BrFNO/c1-6(2-3-13)7-4-9(12)8(11)5-10(7)14/h4-6,14H,2-3,13H2,1H3. The van der Waals surface area contributed by atoms with Crippen LogP contribution in [0.15, 0.2) is 16.6 Å². The molecule has 0 aliphatic rings. The summed E-state index contributed by atoms with van der Waals surface area (Å²) in [4.78, 5) is 0. The van der Waals surface area contributed by atoms with Crippen molar-refractivity contribution in [3.8, 4) is 5.75 Å². The van der Waals surface area contributed by atoms with E-state index in [1.807, 2.05) is 6.92 Å². The van der Waals surface area contributed by atoms with E-state index in [0.29, 0.717) is 12.1 Å². The fourth-order valence-electron chi connectivity index (χ4n) is 1.35. The highest BCUT2D eigenvalue weighted by Gasteiger charge is 2.12. The van der Waals surface area contributed by atoms with Crippen LogP contribution in [0.3, 0.4) is 0 Å². The first-order valence-electron chi connectivity index (χ1n) is 4.44. The minimum atomic E-state index is -0.360. The molecular formula is C10H13BrFNO. The Bertz CT molecular complexity index is 330. The molecule has 78 valence electrons. The smallest absolute Gasteiger partial charge is 0.137 e. The monoisotopic (exact) mass is 261 g/mol. The fourth-order valence-corrected chi connectivity index (χ4v) is 1.68. The van der Waals surface area contributed by atoms with E-state index in [4.69, 9.17) is 5.73 Å². The lowest BCUT2D eigenvalue weighted by Crippen LogP contribution is -2.05. The van der Waals surface area contributed by atoms with Crippen LogP contribution < -0.4 is 5.73 Å². The highest BCUT2D eigenvalue weighted by atomic mass is 79.9. The molecule has 3 N–H and O–H groups in total. The molecular weight excluding hydrogens is 249 g/mol. The van der Waals surface area contributed by atoms with E-state index >= 15 is 0 Å². The zero-order valence-electron chi connectivity index (χ0n) is 7.93. The lowest BCUT2D eigenvalue weighted by Gasteiger charge is -2.12. The largest absolute Gasteiger partial charge is 0.508 e. The van der Waals surface area contributed by atoms with Crippen molar-refractivity contribution in [2.45, 2.75) is 19.3 Å². The van der Waals surface area contributed by atoms with Crippen LogP contribution in [0.25, 0.3) is 0 Å². The summed E-state index contributed by atoms with van der Waals surface area (Å²) >= 11 is 3.01. The van der Waals surface area contributed by atoms with Crippen molar-refractivity contribution in [1.29, 1.82) is 0 Å². The van der Waals surface area contributed by atoms with Gasteiger partial charge < -0.3 is 10.8 Å². The number of hydrogen-bond acceptors (Lipinski definition) is 2. The SMILES string of the molecule is CC(CCN)c1cc(F)c(Br)cc1O. The Morgan fingerprint density at radius 3 is 2.79 bits per heavy atom. The van der Waals surface area contributed by atoms with E-state index in [0.717, 1.165) is 6.42 Å². The normalized spacial score (nSPS) is 12.9. The molecule has 14 heavy (non-hydrogen) atoms. The molecule has 0 heterocycles. The number of rotatable bonds is 3. The Morgan fingerprint density at radius 2 is 2.21 bits per heavy atom. The second kappa shape index (κ2) is 4.75. The number of phenols is 1. The first kappa shape index (κ1) is 11.5. The third kappa shape index (κ3) is 2.45. The predicted molar refractivity (Wildman–Crippen MR) is 57.9 cm³/mol. The van der Waals surface area contributed by atoms with E-state index in [1.165, 1.54) is 12.1 Å². The van der Waals surface area contributed by atoms with Crippen LogP contribution in [0.4, 0.5) is 4.39 Å². The lowest BCUT2D eigenvalue weighted by molar-refractivity contribution is 0.457. The van der Waals surface area contributed by atoms with Gasteiger partial charge in [-0.25, -0.2) is 4.39 Å². The van der Waals surface area contributed by atoms with Crippen LogP contribution in [0.1, 0.15) is 24.8 Å². The average molecular weight is 262 g/mol. The van der Waals surface area contributed by atoms with E-state index in [-0.39, 0.29) is 22.0 Å². The van der Waals surface area contributed by atoms with Gasteiger partial charge in [0, 0.05) is 0 Å². The topological polar surface area (TPSA) is 46.2 Å². The lowest BCUT2D eigenvalue weighted by atomic mass is 9.97. The van der Waals surface area contributed by atoms with E-state index in [9.17, 15) is 9.50 Å². The molecule has 4 heteroatoms. The first-order chi connectivity index (χ1) is 6.56. The molecule has 0 saturated carbocycles. The number of benzene rings is 1. The minimum Gasteiger partial charge on any atom is -0.508 e. The van der Waals surface area contributed by atoms with Gasteiger partial charge >= 0.3 is 0 Å². The third-order valence-corrected chi connectivity index (χ3v) is 2.81. The summed E-state index contributed by atoms with van der Waals surface area (Å²) in [5, 5.41) is 9.58. The van der Waals surface area contributed by atoms with Crippen molar-refractivity contribution in [2.75, 3.05) is 6.54 Å². The summed E-state index contributed by atoms with van der Waals surface area (Å²) in [6.07, 6.45) is 0.731. The Balaban J connectivity index is 3.02. The summed E-state index contributed by atoms with van der Waals surface area (Å²) in [5.74, 6) is -0.177. The van der Waals surface area contributed by atoms with E-state index in [1.54, 1.807) is 0 Å². The van der Waals surface area contributed by atoms with Gasteiger partial charge in [0.05, 0.1) is 4.47 Å². The van der Waals surface area contributed by atoms with Crippen LogP contribution in [-0.4, -0.2) is 11.7 Å². The number of halogens is 2.